The Kier molecular flexibility index (Phi) is 4.94. The molecule has 25 heavy (non-hydrogen) atoms. The Hall–Kier alpha value is -2.94. The minimum atomic E-state index is -0.0321. The molecule has 3 aromatic carbocycles. The molecule has 0 bridgehead atoms. The van der Waals surface area contributed by atoms with Crippen LogP contribution in [0.1, 0.15) is 33.2 Å². The normalized spacial score (nSPS) is 10.6. The number of hydrogen-bond acceptors (Lipinski definition) is 2. The molecule has 3 nitrogen and oxygen atoms in total. The van der Waals surface area contributed by atoms with Crippen molar-refractivity contribution in [3.8, 4) is 0 Å². The third-order valence-corrected chi connectivity index (χ3v) is 4.48. The van der Waals surface area contributed by atoms with E-state index in [1.807, 2.05) is 19.2 Å². The number of likely N-dealkylation sites (N-methyl/N-ethyl adjacent to an activating group) is 1. The van der Waals surface area contributed by atoms with Crippen LogP contribution in [-0.2, 0) is 6.42 Å². The van der Waals surface area contributed by atoms with E-state index >= 15 is 0 Å². The molecule has 1 amide bonds. The van der Waals surface area contributed by atoms with Crippen molar-refractivity contribution < 1.29 is 9.59 Å². The lowest BCUT2D eigenvalue weighted by molar-refractivity contribution is 0.0796. The largest absolute Gasteiger partial charge is 0.341 e. The zero-order chi connectivity index (χ0) is 17.8. The van der Waals surface area contributed by atoms with Gasteiger partial charge in [-0.3, -0.25) is 9.59 Å². The van der Waals surface area contributed by atoms with Crippen LogP contribution in [0.4, 0.5) is 0 Å². The Morgan fingerprint density at radius 1 is 0.840 bits per heavy atom. The van der Waals surface area contributed by atoms with E-state index in [2.05, 4.69) is 30.3 Å². The van der Waals surface area contributed by atoms with Crippen LogP contribution in [0.3, 0.4) is 0 Å². The summed E-state index contributed by atoms with van der Waals surface area (Å²) in [5.41, 5.74) is 2.46. The van der Waals surface area contributed by atoms with Gasteiger partial charge in [0.1, 0.15) is 0 Å². The highest BCUT2D eigenvalue weighted by Gasteiger charge is 2.12. The van der Waals surface area contributed by atoms with Crippen LogP contribution in [0.5, 0.6) is 0 Å². The SMILES string of the molecule is CC(=O)c1ccc(C(=O)N(C)CCc2cccc3ccccc23)cc1. The zero-order valence-electron chi connectivity index (χ0n) is 14.5. The summed E-state index contributed by atoms with van der Waals surface area (Å²) in [5.74, 6) is -0.0290. The summed E-state index contributed by atoms with van der Waals surface area (Å²) in [6, 6.07) is 21.4. The maximum Gasteiger partial charge on any atom is 0.253 e. The number of benzene rings is 3. The van der Waals surface area contributed by atoms with Gasteiger partial charge >= 0.3 is 0 Å². The molecule has 0 N–H and O–H groups in total. The fourth-order valence-corrected chi connectivity index (χ4v) is 2.97. The van der Waals surface area contributed by atoms with Crippen molar-refractivity contribution in [2.24, 2.45) is 0 Å². The predicted octanol–water partition coefficient (Wildman–Crippen LogP) is 4.36. The van der Waals surface area contributed by atoms with Crippen LogP contribution in [0.25, 0.3) is 10.8 Å². The van der Waals surface area contributed by atoms with E-state index in [1.165, 1.54) is 23.3 Å². The first kappa shape index (κ1) is 16.9. The van der Waals surface area contributed by atoms with E-state index in [0.717, 1.165) is 6.42 Å². The molecule has 3 rings (SSSR count). The summed E-state index contributed by atoms with van der Waals surface area (Å²) >= 11 is 0. The number of rotatable bonds is 5. The number of ketones is 1. The number of Topliss-reactive ketones (excluding diaryl/α,β-unsaturated/α-hetero) is 1. The highest BCUT2D eigenvalue weighted by Crippen LogP contribution is 2.19. The van der Waals surface area contributed by atoms with Crippen molar-refractivity contribution in [1.29, 1.82) is 0 Å². The smallest absolute Gasteiger partial charge is 0.253 e. The number of carbonyl (C=O) groups excluding carboxylic acids is 2. The van der Waals surface area contributed by atoms with Crippen LogP contribution in [0.15, 0.2) is 66.7 Å². The molecule has 3 heteroatoms. The molecule has 0 spiro atoms. The van der Waals surface area contributed by atoms with Crippen molar-refractivity contribution in [3.63, 3.8) is 0 Å². The van der Waals surface area contributed by atoms with Gasteiger partial charge in [-0.1, -0.05) is 54.6 Å². The number of amides is 1. The monoisotopic (exact) mass is 331 g/mol. The van der Waals surface area contributed by atoms with Gasteiger partial charge in [-0.25, -0.2) is 0 Å². The Balaban J connectivity index is 1.70. The highest BCUT2D eigenvalue weighted by molar-refractivity contribution is 5.97. The van der Waals surface area contributed by atoms with E-state index in [9.17, 15) is 9.59 Å². The van der Waals surface area contributed by atoms with Crippen LogP contribution < -0.4 is 0 Å². The van der Waals surface area contributed by atoms with Gasteiger partial charge < -0.3 is 4.90 Å². The minimum Gasteiger partial charge on any atom is -0.341 e. The molecular formula is C22H21NO2. The summed E-state index contributed by atoms with van der Waals surface area (Å²) in [5, 5.41) is 2.45. The first-order valence-electron chi connectivity index (χ1n) is 8.39. The molecule has 0 atom stereocenters. The number of fused-ring (bicyclic) bond motifs is 1. The predicted molar refractivity (Wildman–Crippen MR) is 101 cm³/mol. The van der Waals surface area contributed by atoms with Gasteiger partial charge in [0.15, 0.2) is 5.78 Å². The molecule has 0 aliphatic carbocycles. The van der Waals surface area contributed by atoms with Crippen molar-refractivity contribution in [1.82, 2.24) is 4.90 Å². The second kappa shape index (κ2) is 7.31. The first-order chi connectivity index (χ1) is 12.1. The van der Waals surface area contributed by atoms with Gasteiger partial charge in [-0.05, 0) is 41.8 Å². The van der Waals surface area contributed by atoms with Crippen molar-refractivity contribution >= 4 is 22.5 Å². The third kappa shape index (κ3) is 3.77. The molecule has 0 unspecified atom stereocenters. The average molecular weight is 331 g/mol. The first-order valence-corrected chi connectivity index (χ1v) is 8.39. The Morgan fingerprint density at radius 2 is 1.48 bits per heavy atom. The molecule has 0 saturated heterocycles. The van der Waals surface area contributed by atoms with E-state index in [1.54, 1.807) is 29.2 Å². The van der Waals surface area contributed by atoms with Gasteiger partial charge in [-0.2, -0.15) is 0 Å². The molecule has 0 aliphatic heterocycles. The number of nitrogens with zero attached hydrogens (tertiary/aromatic N) is 1. The molecule has 0 fully saturated rings. The van der Waals surface area contributed by atoms with Crippen molar-refractivity contribution in [2.75, 3.05) is 13.6 Å². The van der Waals surface area contributed by atoms with Gasteiger partial charge in [0.2, 0.25) is 0 Å². The Morgan fingerprint density at radius 3 is 2.20 bits per heavy atom. The fourth-order valence-electron chi connectivity index (χ4n) is 2.97. The third-order valence-electron chi connectivity index (χ3n) is 4.48. The lowest BCUT2D eigenvalue weighted by atomic mass is 10.0. The molecule has 0 radical (unpaired) electrons. The van der Waals surface area contributed by atoms with Crippen molar-refractivity contribution in [3.05, 3.63) is 83.4 Å². The lowest BCUT2D eigenvalue weighted by Crippen LogP contribution is -2.28. The molecule has 0 heterocycles. The molecule has 0 saturated carbocycles. The van der Waals surface area contributed by atoms with Crippen LogP contribution in [0.2, 0.25) is 0 Å². The molecule has 0 aliphatic rings. The van der Waals surface area contributed by atoms with Gasteiger partial charge in [0.05, 0.1) is 0 Å². The number of carbonyl (C=O) groups is 2. The summed E-state index contributed by atoms with van der Waals surface area (Å²) in [6.07, 6.45) is 0.801. The average Bonchev–Trinajstić information content (AvgIpc) is 2.65. The van der Waals surface area contributed by atoms with Gasteiger partial charge in [-0.15, -0.1) is 0 Å². The van der Waals surface area contributed by atoms with E-state index in [0.29, 0.717) is 17.7 Å². The maximum absolute atomic E-state index is 12.6. The van der Waals surface area contributed by atoms with Crippen LogP contribution in [0, 0.1) is 0 Å². The second-order valence-corrected chi connectivity index (χ2v) is 6.25. The quantitative estimate of drug-likeness (QED) is 0.652. The van der Waals surface area contributed by atoms with E-state index < -0.39 is 0 Å². The summed E-state index contributed by atoms with van der Waals surface area (Å²) in [7, 11) is 1.81. The van der Waals surface area contributed by atoms with E-state index in [4.69, 9.17) is 0 Å². The Bertz CT molecular complexity index is 907. The summed E-state index contributed by atoms with van der Waals surface area (Å²) < 4.78 is 0. The van der Waals surface area contributed by atoms with E-state index in [-0.39, 0.29) is 11.7 Å². The topological polar surface area (TPSA) is 37.4 Å². The molecule has 3 aromatic rings. The highest BCUT2D eigenvalue weighted by atomic mass is 16.2. The van der Waals surface area contributed by atoms with Crippen LogP contribution >= 0.6 is 0 Å². The standard InChI is InChI=1S/C22H21NO2/c1-16(24)17-10-12-20(13-11-17)22(25)23(2)15-14-19-8-5-7-18-6-3-4-9-21(18)19/h3-13H,14-15H2,1-2H3. The van der Waals surface area contributed by atoms with Crippen LogP contribution in [-0.4, -0.2) is 30.2 Å². The number of hydrogen-bond donors (Lipinski definition) is 0. The second-order valence-electron chi connectivity index (χ2n) is 6.25. The van der Waals surface area contributed by atoms with Gasteiger partial charge in [0, 0.05) is 24.7 Å². The van der Waals surface area contributed by atoms with Gasteiger partial charge in [0.25, 0.3) is 5.91 Å². The maximum atomic E-state index is 12.6. The Labute approximate surface area is 147 Å². The van der Waals surface area contributed by atoms with Crippen molar-refractivity contribution in [2.45, 2.75) is 13.3 Å². The fraction of sp³-hybridized carbons (Fsp3) is 0.182. The lowest BCUT2D eigenvalue weighted by Gasteiger charge is -2.18. The molecular weight excluding hydrogens is 310 g/mol. The molecule has 0 aromatic heterocycles. The molecule has 126 valence electrons. The minimum absolute atomic E-state index is 0.00306. The zero-order valence-corrected chi connectivity index (χ0v) is 14.5. The summed E-state index contributed by atoms with van der Waals surface area (Å²) in [6.45, 7) is 2.16. The summed E-state index contributed by atoms with van der Waals surface area (Å²) in [4.78, 5) is 25.6.